The van der Waals surface area contributed by atoms with Gasteiger partial charge in [0.05, 0.1) is 6.61 Å². The Bertz CT molecular complexity index is 1700. The zero-order chi connectivity index (χ0) is 50.5. The monoisotopic (exact) mass is 1000 g/mol. The van der Waals surface area contributed by atoms with Gasteiger partial charge < -0.3 is 44.6 Å². The molecule has 1 aliphatic rings. The fraction of sp³-hybridized carbons (Fsp3) is 0.653. The number of aliphatic hydroxyl groups is 4. The minimum atomic E-state index is -5.38. The van der Waals surface area contributed by atoms with Crippen molar-refractivity contribution in [2.45, 2.75) is 191 Å². The summed E-state index contributed by atoms with van der Waals surface area (Å²) in [6.07, 6.45) is 29.5. The molecule has 1 saturated carbocycles. The second-order valence-electron chi connectivity index (χ2n) is 16.5. The molecular formula is C49H80O17P2. The van der Waals surface area contributed by atoms with Crippen molar-refractivity contribution in [2.75, 3.05) is 13.2 Å². The van der Waals surface area contributed by atoms with E-state index < -0.39 is 83.5 Å². The molecule has 0 saturated heterocycles. The second kappa shape index (κ2) is 38.6. The Morgan fingerprint density at radius 1 is 0.515 bits per heavy atom. The summed E-state index contributed by atoms with van der Waals surface area (Å²) in [7, 11) is -10.7. The van der Waals surface area contributed by atoms with Gasteiger partial charge >= 0.3 is 27.6 Å². The van der Waals surface area contributed by atoms with Gasteiger partial charge in [-0.2, -0.15) is 0 Å². The molecule has 68 heavy (non-hydrogen) atoms. The lowest BCUT2D eigenvalue weighted by atomic mass is 9.85. The third kappa shape index (κ3) is 32.6. The van der Waals surface area contributed by atoms with Crippen LogP contribution in [0.1, 0.15) is 149 Å². The fourth-order valence-electron chi connectivity index (χ4n) is 6.63. The van der Waals surface area contributed by atoms with Crippen LogP contribution in [0.15, 0.2) is 85.1 Å². The van der Waals surface area contributed by atoms with Crippen molar-refractivity contribution in [3.05, 3.63) is 85.1 Å². The van der Waals surface area contributed by atoms with Crippen LogP contribution in [0.25, 0.3) is 0 Å². The van der Waals surface area contributed by atoms with Gasteiger partial charge in [0, 0.05) is 19.3 Å². The zero-order valence-electron chi connectivity index (χ0n) is 40.0. The van der Waals surface area contributed by atoms with Gasteiger partial charge in [0.2, 0.25) is 0 Å². The number of allylic oxidation sites excluding steroid dienone is 14. The third-order valence-corrected chi connectivity index (χ3v) is 11.9. The maximum Gasteiger partial charge on any atom is 0.472 e. The van der Waals surface area contributed by atoms with E-state index in [0.717, 1.165) is 64.2 Å². The number of aliphatic hydroxyl groups excluding tert-OH is 4. The highest BCUT2D eigenvalue weighted by Gasteiger charge is 2.54. The number of carbonyl (C=O) groups is 3. The summed E-state index contributed by atoms with van der Waals surface area (Å²) < 4.78 is 49.3. The maximum atomic E-state index is 13.0. The Morgan fingerprint density at radius 3 is 1.59 bits per heavy atom. The molecule has 0 bridgehead atoms. The molecule has 0 spiro atoms. The lowest BCUT2D eigenvalue weighted by Gasteiger charge is -2.43. The van der Waals surface area contributed by atoms with E-state index in [4.69, 9.17) is 18.5 Å². The SMILES string of the molecule is CCCCC/C=C\C/C=C\C/C=C\CCCCCCC(=O)OC[C@H](COP(=O)(O)O[C@H]1C(O)C(O)C(O)[C@@H](OP(=O)(O)O)C1O)OC(=O)CCC/C=C\C/C=C\C/C=C\C=C\C(=O)CCCCC. The first kappa shape index (κ1) is 62.9. The fourth-order valence-corrected chi connectivity index (χ4v) is 8.16. The Balaban J connectivity index is 2.67. The van der Waals surface area contributed by atoms with E-state index in [1.54, 1.807) is 12.2 Å². The van der Waals surface area contributed by atoms with Crippen LogP contribution in [0.2, 0.25) is 0 Å². The molecule has 1 rings (SSSR count). The van der Waals surface area contributed by atoms with Crippen LogP contribution in [-0.4, -0.2) is 109 Å². The van der Waals surface area contributed by atoms with Crippen LogP contribution in [0.5, 0.6) is 0 Å². The molecule has 0 aromatic carbocycles. The van der Waals surface area contributed by atoms with Crippen molar-refractivity contribution in [3.8, 4) is 0 Å². The van der Waals surface area contributed by atoms with E-state index in [9.17, 15) is 58.6 Å². The first-order chi connectivity index (χ1) is 32.5. The number of rotatable bonds is 39. The number of ether oxygens (including phenoxy) is 2. The Morgan fingerprint density at radius 2 is 1.00 bits per heavy atom. The van der Waals surface area contributed by atoms with E-state index in [2.05, 4.69) is 54.8 Å². The van der Waals surface area contributed by atoms with Crippen molar-refractivity contribution in [2.24, 2.45) is 0 Å². The molecule has 17 nitrogen and oxygen atoms in total. The summed E-state index contributed by atoms with van der Waals surface area (Å²) in [4.78, 5) is 66.0. The Labute approximate surface area is 403 Å². The molecule has 0 amide bonds. The number of hydrogen-bond donors (Lipinski definition) is 7. The standard InChI is InChI=1S/C49H80O17P2/c1-3-5-7-8-9-10-11-12-13-14-15-16-19-22-25-28-32-36-42(51)62-38-41(39-63-68(60,61)66-49-46(55)44(53)45(54)48(47(49)56)65-67(57,58)59)64-43(52)37-33-29-26-23-20-17-18-21-24-27-31-35-40(50)34-30-6-4-2/h9-10,12-13,15-18,23-24,26-27,31,35,41,44-49,53-56H,3-8,11,14,19-22,25,28-30,32-34,36-39H2,1-2H3,(H,60,61)(H2,57,58,59)/b10-9-,13-12-,16-15-,18-17-,26-23-,27-24-,35-31+/t41-,44?,45?,46?,47?,48-,49+/m1/s1. The quantitative estimate of drug-likeness (QED) is 0.00758. The van der Waals surface area contributed by atoms with Gasteiger partial charge in [-0.1, -0.05) is 131 Å². The molecular weight excluding hydrogens is 922 g/mol. The smallest absolute Gasteiger partial charge is 0.462 e. The van der Waals surface area contributed by atoms with E-state index >= 15 is 0 Å². The number of esters is 2. The predicted octanol–water partition coefficient (Wildman–Crippen LogP) is 8.57. The third-order valence-electron chi connectivity index (χ3n) is 10.4. The van der Waals surface area contributed by atoms with Crippen molar-refractivity contribution in [3.63, 3.8) is 0 Å². The number of hydrogen-bond acceptors (Lipinski definition) is 14. The summed E-state index contributed by atoms with van der Waals surface area (Å²) in [5, 5.41) is 41.2. The van der Waals surface area contributed by atoms with Crippen LogP contribution in [0.3, 0.4) is 0 Å². The summed E-state index contributed by atoms with van der Waals surface area (Å²) in [6.45, 7) is 2.84. The summed E-state index contributed by atoms with van der Waals surface area (Å²) >= 11 is 0. The summed E-state index contributed by atoms with van der Waals surface area (Å²) in [5.74, 6) is -1.22. The highest BCUT2D eigenvalue weighted by molar-refractivity contribution is 7.47. The first-order valence-corrected chi connectivity index (χ1v) is 27.1. The normalized spacial score (nSPS) is 21.9. The number of phosphoric acid groups is 2. The summed E-state index contributed by atoms with van der Waals surface area (Å²) in [5.41, 5.74) is 0. The first-order valence-electron chi connectivity index (χ1n) is 24.1. The second-order valence-corrected chi connectivity index (χ2v) is 19.1. The Kier molecular flexibility index (Phi) is 35.7. The van der Waals surface area contributed by atoms with Crippen LogP contribution in [0.4, 0.5) is 0 Å². The average molecular weight is 1000 g/mol. The lowest BCUT2D eigenvalue weighted by molar-refractivity contribution is -0.216. The molecule has 7 N–H and O–H groups in total. The molecule has 1 aliphatic carbocycles. The van der Waals surface area contributed by atoms with E-state index in [1.165, 1.54) is 19.3 Å². The average Bonchev–Trinajstić information content (AvgIpc) is 3.29. The van der Waals surface area contributed by atoms with Gasteiger partial charge in [-0.25, -0.2) is 9.13 Å². The van der Waals surface area contributed by atoms with E-state index in [1.807, 2.05) is 36.5 Å². The van der Waals surface area contributed by atoms with E-state index in [0.29, 0.717) is 38.5 Å². The molecule has 388 valence electrons. The zero-order valence-corrected chi connectivity index (χ0v) is 41.8. The molecule has 19 heteroatoms. The Hall–Kier alpha value is -3.15. The molecule has 0 heterocycles. The van der Waals surface area contributed by atoms with Crippen LogP contribution in [0, 0.1) is 0 Å². The largest absolute Gasteiger partial charge is 0.472 e. The highest BCUT2D eigenvalue weighted by Crippen LogP contribution is 2.49. The number of phosphoric ester groups is 2. The molecule has 0 aromatic rings. The maximum absolute atomic E-state index is 13.0. The van der Waals surface area contributed by atoms with Gasteiger partial charge in [-0.15, -0.1) is 0 Å². The van der Waals surface area contributed by atoms with Gasteiger partial charge in [0.25, 0.3) is 0 Å². The van der Waals surface area contributed by atoms with Crippen molar-refractivity contribution in [1.82, 2.24) is 0 Å². The number of ketones is 1. The van der Waals surface area contributed by atoms with Crippen LogP contribution in [-0.2, 0) is 46.6 Å². The molecule has 0 aromatic heterocycles. The minimum Gasteiger partial charge on any atom is -0.462 e. The van der Waals surface area contributed by atoms with E-state index in [-0.39, 0.29) is 18.6 Å². The van der Waals surface area contributed by atoms with Gasteiger partial charge in [-0.3, -0.25) is 28.0 Å². The topological polar surface area (TPSA) is 273 Å². The van der Waals surface area contributed by atoms with Gasteiger partial charge in [0.15, 0.2) is 11.9 Å². The van der Waals surface area contributed by atoms with Gasteiger partial charge in [-0.05, 0) is 83.1 Å². The molecule has 8 atom stereocenters. The summed E-state index contributed by atoms with van der Waals surface area (Å²) in [6, 6.07) is 0. The molecule has 0 radical (unpaired) electrons. The van der Waals surface area contributed by atoms with Gasteiger partial charge in [0.1, 0.15) is 43.2 Å². The number of carbonyl (C=O) groups excluding carboxylic acids is 3. The lowest BCUT2D eigenvalue weighted by Crippen LogP contribution is -2.64. The minimum absolute atomic E-state index is 0.0667. The predicted molar refractivity (Wildman–Crippen MR) is 260 cm³/mol. The van der Waals surface area contributed by atoms with Crippen LogP contribution < -0.4 is 0 Å². The highest BCUT2D eigenvalue weighted by atomic mass is 31.2. The molecule has 0 aliphatic heterocycles. The van der Waals surface area contributed by atoms with Crippen LogP contribution >= 0.6 is 15.6 Å². The molecule has 1 fully saturated rings. The van der Waals surface area contributed by atoms with Crippen molar-refractivity contribution in [1.29, 1.82) is 0 Å². The van der Waals surface area contributed by atoms with Crippen molar-refractivity contribution < 1.29 is 81.7 Å². The van der Waals surface area contributed by atoms with Crippen molar-refractivity contribution >= 4 is 33.4 Å². The molecule has 5 unspecified atom stereocenters. The number of unbranched alkanes of at least 4 members (excludes halogenated alkanes) is 10.